The molecular weight excluding hydrogens is 420 g/mol. The van der Waals surface area contributed by atoms with Crippen LogP contribution < -0.4 is 10.5 Å². The maximum atomic E-state index is 12.5. The van der Waals surface area contributed by atoms with Gasteiger partial charge in [-0.25, -0.2) is 8.42 Å². The summed E-state index contributed by atoms with van der Waals surface area (Å²) in [7, 11) is -3.74. The third kappa shape index (κ3) is 3.59. The van der Waals surface area contributed by atoms with Crippen LogP contribution >= 0.6 is 31.9 Å². The van der Waals surface area contributed by atoms with Gasteiger partial charge in [-0.2, -0.15) is 0 Å². The molecule has 0 aliphatic heterocycles. The van der Waals surface area contributed by atoms with Gasteiger partial charge in [0.25, 0.3) is 10.0 Å². The summed E-state index contributed by atoms with van der Waals surface area (Å²) in [6.45, 7) is 3.74. The normalized spacial score (nSPS) is 11.4. The molecule has 0 spiro atoms. The number of halogens is 2. The van der Waals surface area contributed by atoms with Gasteiger partial charge in [0.05, 0.1) is 11.4 Å². The van der Waals surface area contributed by atoms with Gasteiger partial charge in [0.1, 0.15) is 4.90 Å². The Morgan fingerprint density at radius 1 is 1.05 bits per heavy atom. The highest BCUT2D eigenvalue weighted by atomic mass is 79.9. The molecule has 2 aromatic carbocycles. The lowest BCUT2D eigenvalue weighted by Gasteiger charge is -2.13. The van der Waals surface area contributed by atoms with Crippen LogP contribution in [0.25, 0.3) is 0 Å². The molecule has 0 unspecified atom stereocenters. The zero-order valence-corrected chi connectivity index (χ0v) is 15.4. The van der Waals surface area contributed by atoms with E-state index in [-0.39, 0.29) is 10.6 Å². The van der Waals surface area contributed by atoms with Crippen molar-refractivity contribution in [2.75, 3.05) is 10.5 Å². The van der Waals surface area contributed by atoms with E-state index in [1.807, 2.05) is 13.8 Å². The maximum absolute atomic E-state index is 12.5. The first-order valence-corrected chi connectivity index (χ1v) is 9.12. The second-order valence-corrected chi connectivity index (χ2v) is 8.12. The molecular formula is C14H14Br2N2O2S. The van der Waals surface area contributed by atoms with E-state index in [4.69, 9.17) is 5.73 Å². The summed E-state index contributed by atoms with van der Waals surface area (Å²) in [4.78, 5) is 0.0837. The Balaban J connectivity index is 2.46. The molecule has 2 aromatic rings. The SMILES string of the molecule is Cc1cc(N)c(S(=O)(=O)Nc2ccc(Br)cc2Br)cc1C. The summed E-state index contributed by atoms with van der Waals surface area (Å²) in [5.74, 6) is 0. The highest BCUT2D eigenvalue weighted by Crippen LogP contribution is 2.30. The van der Waals surface area contributed by atoms with Crippen molar-refractivity contribution in [3.63, 3.8) is 0 Å². The molecule has 3 N–H and O–H groups in total. The Hall–Kier alpha value is -1.05. The van der Waals surface area contributed by atoms with Gasteiger partial charge < -0.3 is 5.73 Å². The number of anilines is 2. The fourth-order valence-electron chi connectivity index (χ4n) is 1.82. The van der Waals surface area contributed by atoms with Gasteiger partial charge in [-0.05, 0) is 71.2 Å². The number of hydrogen-bond acceptors (Lipinski definition) is 3. The van der Waals surface area contributed by atoms with Gasteiger partial charge in [0.15, 0.2) is 0 Å². The fraction of sp³-hybridized carbons (Fsp3) is 0.143. The van der Waals surface area contributed by atoms with Gasteiger partial charge in [0.2, 0.25) is 0 Å². The van der Waals surface area contributed by atoms with E-state index in [2.05, 4.69) is 36.6 Å². The van der Waals surface area contributed by atoms with E-state index in [0.717, 1.165) is 15.6 Å². The summed E-state index contributed by atoms with van der Waals surface area (Å²) in [5.41, 5.74) is 8.37. The van der Waals surface area contributed by atoms with Crippen molar-refractivity contribution in [3.8, 4) is 0 Å². The smallest absolute Gasteiger partial charge is 0.263 e. The van der Waals surface area contributed by atoms with Gasteiger partial charge in [-0.1, -0.05) is 15.9 Å². The Morgan fingerprint density at radius 2 is 1.67 bits per heavy atom. The minimum Gasteiger partial charge on any atom is -0.398 e. The molecule has 0 radical (unpaired) electrons. The Morgan fingerprint density at radius 3 is 2.29 bits per heavy atom. The second kappa shape index (κ2) is 5.98. The maximum Gasteiger partial charge on any atom is 0.263 e. The van der Waals surface area contributed by atoms with Crippen LogP contribution in [0.2, 0.25) is 0 Å². The molecule has 21 heavy (non-hydrogen) atoms. The van der Waals surface area contributed by atoms with Gasteiger partial charge in [0, 0.05) is 8.95 Å². The third-order valence-corrected chi connectivity index (χ3v) is 5.66. The van der Waals surface area contributed by atoms with Crippen molar-refractivity contribution in [1.29, 1.82) is 0 Å². The molecule has 0 saturated carbocycles. The number of aryl methyl sites for hydroxylation is 2. The van der Waals surface area contributed by atoms with Crippen LogP contribution in [-0.2, 0) is 10.0 Å². The topological polar surface area (TPSA) is 72.2 Å². The minimum absolute atomic E-state index is 0.0837. The van der Waals surface area contributed by atoms with E-state index in [0.29, 0.717) is 10.2 Å². The van der Waals surface area contributed by atoms with Crippen molar-refractivity contribution in [3.05, 3.63) is 50.4 Å². The van der Waals surface area contributed by atoms with Crippen LogP contribution in [0, 0.1) is 13.8 Å². The van der Waals surface area contributed by atoms with Crippen molar-refractivity contribution >= 4 is 53.3 Å². The fourth-order valence-corrected chi connectivity index (χ4v) is 4.37. The first-order chi connectivity index (χ1) is 9.70. The summed E-state index contributed by atoms with van der Waals surface area (Å²) in [6, 6.07) is 8.44. The van der Waals surface area contributed by atoms with Crippen LogP contribution in [-0.4, -0.2) is 8.42 Å². The Bertz CT molecular complexity index is 805. The van der Waals surface area contributed by atoms with Gasteiger partial charge in [-0.15, -0.1) is 0 Å². The van der Waals surface area contributed by atoms with Crippen molar-refractivity contribution in [2.45, 2.75) is 18.7 Å². The molecule has 0 amide bonds. The molecule has 0 aliphatic rings. The predicted octanol–water partition coefficient (Wildman–Crippen LogP) is 4.21. The quantitative estimate of drug-likeness (QED) is 0.712. The standard InChI is InChI=1S/C14H14Br2N2O2S/c1-8-5-12(17)14(6-9(8)2)21(19,20)18-13-4-3-10(15)7-11(13)16/h3-7,18H,17H2,1-2H3. The Kier molecular flexibility index (Phi) is 4.65. The molecule has 0 fully saturated rings. The zero-order valence-electron chi connectivity index (χ0n) is 11.4. The largest absolute Gasteiger partial charge is 0.398 e. The van der Waals surface area contributed by atoms with Crippen LogP contribution in [0.3, 0.4) is 0 Å². The minimum atomic E-state index is -3.74. The van der Waals surface area contributed by atoms with Crippen molar-refractivity contribution in [2.24, 2.45) is 0 Å². The van der Waals surface area contributed by atoms with E-state index in [1.165, 1.54) is 0 Å². The summed E-state index contributed by atoms with van der Waals surface area (Å²) >= 11 is 6.65. The van der Waals surface area contributed by atoms with Crippen LogP contribution in [0.15, 0.2) is 44.2 Å². The van der Waals surface area contributed by atoms with Crippen LogP contribution in [0.5, 0.6) is 0 Å². The number of rotatable bonds is 3. The lowest BCUT2D eigenvalue weighted by Crippen LogP contribution is -2.15. The summed E-state index contributed by atoms with van der Waals surface area (Å²) in [5, 5.41) is 0. The average molecular weight is 434 g/mol. The molecule has 4 nitrogen and oxygen atoms in total. The Labute approximate surface area is 141 Å². The lowest BCUT2D eigenvalue weighted by molar-refractivity contribution is 0.601. The monoisotopic (exact) mass is 432 g/mol. The number of nitrogens with one attached hydrogen (secondary N) is 1. The van der Waals surface area contributed by atoms with Crippen LogP contribution in [0.4, 0.5) is 11.4 Å². The predicted molar refractivity (Wildman–Crippen MR) is 93.0 cm³/mol. The molecule has 112 valence electrons. The number of nitrogens with two attached hydrogens (primary N) is 1. The van der Waals surface area contributed by atoms with Crippen molar-refractivity contribution < 1.29 is 8.42 Å². The van der Waals surface area contributed by atoms with E-state index >= 15 is 0 Å². The van der Waals surface area contributed by atoms with E-state index < -0.39 is 10.0 Å². The van der Waals surface area contributed by atoms with E-state index in [9.17, 15) is 8.42 Å². The van der Waals surface area contributed by atoms with Crippen LogP contribution in [0.1, 0.15) is 11.1 Å². The molecule has 0 heterocycles. The zero-order chi connectivity index (χ0) is 15.8. The molecule has 0 bridgehead atoms. The second-order valence-electron chi connectivity index (χ2n) is 4.70. The molecule has 7 heteroatoms. The molecule has 2 rings (SSSR count). The average Bonchev–Trinajstić information content (AvgIpc) is 2.37. The number of nitrogen functional groups attached to an aromatic ring is 1. The molecule has 0 atom stereocenters. The first kappa shape index (κ1) is 16.3. The summed E-state index contributed by atoms with van der Waals surface area (Å²) in [6.07, 6.45) is 0. The molecule has 0 aromatic heterocycles. The first-order valence-electron chi connectivity index (χ1n) is 6.05. The number of sulfonamides is 1. The van der Waals surface area contributed by atoms with Crippen molar-refractivity contribution in [1.82, 2.24) is 0 Å². The lowest BCUT2D eigenvalue weighted by atomic mass is 10.1. The molecule has 0 saturated heterocycles. The number of hydrogen-bond donors (Lipinski definition) is 2. The highest BCUT2D eigenvalue weighted by molar-refractivity contribution is 9.11. The number of benzene rings is 2. The third-order valence-electron chi connectivity index (χ3n) is 3.09. The highest BCUT2D eigenvalue weighted by Gasteiger charge is 2.19. The van der Waals surface area contributed by atoms with Gasteiger partial charge >= 0.3 is 0 Å². The van der Waals surface area contributed by atoms with Gasteiger partial charge in [-0.3, -0.25) is 4.72 Å². The molecule has 0 aliphatic carbocycles. The summed E-state index contributed by atoms with van der Waals surface area (Å²) < 4.78 is 29.0. The van der Waals surface area contributed by atoms with E-state index in [1.54, 1.807) is 30.3 Å².